The number of hydrogen-bond donors (Lipinski definition) is 0. The summed E-state index contributed by atoms with van der Waals surface area (Å²) in [5.74, 6) is 0.793. The minimum atomic E-state index is -3.58. The van der Waals surface area contributed by atoms with E-state index in [0.29, 0.717) is 19.5 Å². The molecule has 0 atom stereocenters. The van der Waals surface area contributed by atoms with Crippen molar-refractivity contribution in [3.63, 3.8) is 0 Å². The lowest BCUT2D eigenvalue weighted by molar-refractivity contribution is 0.386. The Morgan fingerprint density at radius 3 is 2.64 bits per heavy atom. The fraction of sp³-hybridized carbons (Fsp3) is 0.250. The van der Waals surface area contributed by atoms with Crippen LogP contribution in [0.4, 0.5) is 0 Å². The molecule has 2 aromatic rings. The van der Waals surface area contributed by atoms with E-state index in [1.807, 2.05) is 18.2 Å². The predicted octanol–water partition coefficient (Wildman–Crippen LogP) is 3.10. The highest BCUT2D eigenvalue weighted by molar-refractivity contribution is 7.89. The summed E-state index contributed by atoms with van der Waals surface area (Å²) in [6, 6.07) is 12.3. The molecule has 0 bridgehead atoms. The molecule has 1 heterocycles. The maximum Gasteiger partial charge on any atom is 0.244 e. The summed E-state index contributed by atoms with van der Waals surface area (Å²) in [5, 5.41) is 0.253. The van der Waals surface area contributed by atoms with Crippen LogP contribution in [-0.4, -0.2) is 26.4 Å². The van der Waals surface area contributed by atoms with E-state index in [2.05, 4.69) is 0 Å². The van der Waals surface area contributed by atoms with Crippen molar-refractivity contribution in [2.45, 2.75) is 17.9 Å². The van der Waals surface area contributed by atoms with E-state index in [9.17, 15) is 8.42 Å². The average molecular weight is 338 g/mol. The molecule has 4 nitrogen and oxygen atoms in total. The molecule has 0 radical (unpaired) electrons. The highest BCUT2D eigenvalue weighted by Crippen LogP contribution is 2.30. The zero-order chi connectivity index (χ0) is 15.7. The maximum atomic E-state index is 12.8. The van der Waals surface area contributed by atoms with Gasteiger partial charge in [0.25, 0.3) is 0 Å². The van der Waals surface area contributed by atoms with Crippen LogP contribution in [-0.2, 0) is 23.0 Å². The molecule has 0 fully saturated rings. The van der Waals surface area contributed by atoms with E-state index in [1.165, 1.54) is 4.31 Å². The highest BCUT2D eigenvalue weighted by Gasteiger charge is 2.29. The Kier molecular flexibility index (Phi) is 4.12. The number of benzene rings is 2. The van der Waals surface area contributed by atoms with Gasteiger partial charge in [0.15, 0.2) is 0 Å². The average Bonchev–Trinajstić information content (AvgIpc) is 2.54. The molecule has 0 aliphatic carbocycles. The van der Waals surface area contributed by atoms with Crippen LogP contribution in [0.5, 0.6) is 5.75 Å². The van der Waals surface area contributed by atoms with E-state index >= 15 is 0 Å². The molecular formula is C16H16ClNO3S. The molecule has 0 N–H and O–H groups in total. The molecule has 6 heteroatoms. The molecule has 0 amide bonds. The molecule has 2 aromatic carbocycles. The van der Waals surface area contributed by atoms with E-state index in [4.69, 9.17) is 16.3 Å². The first-order chi connectivity index (χ1) is 10.5. The second kappa shape index (κ2) is 5.91. The van der Waals surface area contributed by atoms with Crippen molar-refractivity contribution < 1.29 is 13.2 Å². The first-order valence-corrected chi connectivity index (χ1v) is 8.74. The van der Waals surface area contributed by atoms with Crippen LogP contribution in [0.1, 0.15) is 11.1 Å². The summed E-state index contributed by atoms with van der Waals surface area (Å²) in [5.41, 5.74) is 2.13. The summed E-state index contributed by atoms with van der Waals surface area (Å²) in [7, 11) is -1.96. The zero-order valence-electron chi connectivity index (χ0n) is 12.1. The fourth-order valence-corrected chi connectivity index (χ4v) is 4.54. The lowest BCUT2D eigenvalue weighted by atomic mass is 10.0. The monoisotopic (exact) mass is 337 g/mol. The zero-order valence-corrected chi connectivity index (χ0v) is 13.7. The van der Waals surface area contributed by atoms with E-state index in [-0.39, 0.29) is 9.92 Å². The Hall–Kier alpha value is -1.56. The molecule has 3 rings (SSSR count). The third-order valence-corrected chi connectivity index (χ3v) is 6.19. The fourth-order valence-electron chi connectivity index (χ4n) is 2.63. The van der Waals surface area contributed by atoms with Gasteiger partial charge in [-0.1, -0.05) is 29.8 Å². The Morgan fingerprint density at radius 1 is 1.14 bits per heavy atom. The summed E-state index contributed by atoms with van der Waals surface area (Å²) in [4.78, 5) is 0.161. The van der Waals surface area contributed by atoms with E-state index in [1.54, 1.807) is 31.4 Å². The van der Waals surface area contributed by atoms with Gasteiger partial charge in [-0.05, 0) is 41.8 Å². The van der Waals surface area contributed by atoms with Crippen LogP contribution in [0.15, 0.2) is 47.4 Å². The third kappa shape index (κ3) is 2.72. The van der Waals surface area contributed by atoms with Crippen LogP contribution < -0.4 is 4.74 Å². The maximum absolute atomic E-state index is 12.8. The summed E-state index contributed by atoms with van der Waals surface area (Å²) >= 11 is 6.05. The van der Waals surface area contributed by atoms with Crippen LogP contribution in [0.2, 0.25) is 5.02 Å². The largest absolute Gasteiger partial charge is 0.497 e. The van der Waals surface area contributed by atoms with Crippen molar-refractivity contribution in [3.8, 4) is 5.75 Å². The number of methoxy groups -OCH3 is 1. The molecule has 22 heavy (non-hydrogen) atoms. The van der Waals surface area contributed by atoms with Gasteiger partial charge in [-0.15, -0.1) is 0 Å². The topological polar surface area (TPSA) is 46.6 Å². The standard InChI is InChI=1S/C16H16ClNO3S/c1-21-14-7-6-13-11-18(9-8-12(13)10-14)22(19,20)16-5-3-2-4-15(16)17/h2-7,10H,8-9,11H2,1H3. The summed E-state index contributed by atoms with van der Waals surface area (Å²) < 4.78 is 32.2. The van der Waals surface area contributed by atoms with E-state index in [0.717, 1.165) is 16.9 Å². The minimum Gasteiger partial charge on any atom is -0.497 e. The first kappa shape index (κ1) is 15.3. The van der Waals surface area contributed by atoms with Crippen molar-refractivity contribution >= 4 is 21.6 Å². The minimum absolute atomic E-state index is 0.161. The smallest absolute Gasteiger partial charge is 0.244 e. The highest BCUT2D eigenvalue weighted by atomic mass is 35.5. The molecule has 0 saturated heterocycles. The van der Waals surface area contributed by atoms with Gasteiger partial charge >= 0.3 is 0 Å². The second-order valence-electron chi connectivity index (χ2n) is 5.15. The Labute approximate surface area is 135 Å². The van der Waals surface area contributed by atoms with Gasteiger partial charge in [0.2, 0.25) is 10.0 Å². The molecule has 0 unspecified atom stereocenters. The predicted molar refractivity (Wildman–Crippen MR) is 85.7 cm³/mol. The lowest BCUT2D eigenvalue weighted by Crippen LogP contribution is -2.36. The molecule has 0 saturated carbocycles. The third-order valence-electron chi connectivity index (χ3n) is 3.85. The van der Waals surface area contributed by atoms with Gasteiger partial charge in [-0.3, -0.25) is 0 Å². The normalized spacial score (nSPS) is 15.4. The van der Waals surface area contributed by atoms with Gasteiger partial charge in [-0.2, -0.15) is 4.31 Å². The van der Waals surface area contributed by atoms with Crippen molar-refractivity contribution in [2.24, 2.45) is 0 Å². The van der Waals surface area contributed by atoms with Crippen molar-refractivity contribution in [1.82, 2.24) is 4.31 Å². The Bertz CT molecular complexity index is 805. The van der Waals surface area contributed by atoms with Crippen molar-refractivity contribution in [2.75, 3.05) is 13.7 Å². The van der Waals surface area contributed by atoms with Crippen LogP contribution >= 0.6 is 11.6 Å². The Balaban J connectivity index is 1.93. The van der Waals surface area contributed by atoms with Crippen LogP contribution in [0.25, 0.3) is 0 Å². The number of rotatable bonds is 3. The number of nitrogens with zero attached hydrogens (tertiary/aromatic N) is 1. The molecule has 116 valence electrons. The summed E-state index contributed by atoms with van der Waals surface area (Å²) in [6.07, 6.45) is 0.663. The van der Waals surface area contributed by atoms with Gasteiger partial charge < -0.3 is 4.74 Å². The number of hydrogen-bond acceptors (Lipinski definition) is 3. The van der Waals surface area contributed by atoms with Crippen LogP contribution in [0.3, 0.4) is 0 Å². The molecule has 1 aliphatic heterocycles. The van der Waals surface area contributed by atoms with Crippen LogP contribution in [0, 0.1) is 0 Å². The molecule has 1 aliphatic rings. The van der Waals surface area contributed by atoms with Crippen molar-refractivity contribution in [1.29, 1.82) is 0 Å². The second-order valence-corrected chi connectivity index (χ2v) is 7.47. The number of ether oxygens (including phenoxy) is 1. The van der Waals surface area contributed by atoms with Gasteiger partial charge in [0.05, 0.1) is 12.1 Å². The Morgan fingerprint density at radius 2 is 1.91 bits per heavy atom. The molecular weight excluding hydrogens is 322 g/mol. The molecule has 0 aromatic heterocycles. The number of sulfonamides is 1. The van der Waals surface area contributed by atoms with E-state index < -0.39 is 10.0 Å². The number of halogens is 1. The lowest BCUT2D eigenvalue weighted by Gasteiger charge is -2.28. The van der Waals surface area contributed by atoms with Gasteiger partial charge in [0.1, 0.15) is 10.6 Å². The SMILES string of the molecule is COc1ccc2c(c1)CCN(S(=O)(=O)c1ccccc1Cl)C2. The summed E-state index contributed by atoms with van der Waals surface area (Å²) in [6.45, 7) is 0.792. The van der Waals surface area contributed by atoms with Gasteiger partial charge in [0, 0.05) is 13.1 Å². The first-order valence-electron chi connectivity index (χ1n) is 6.93. The van der Waals surface area contributed by atoms with Gasteiger partial charge in [-0.25, -0.2) is 8.42 Å². The quantitative estimate of drug-likeness (QED) is 0.864. The molecule has 0 spiro atoms. The van der Waals surface area contributed by atoms with Crippen molar-refractivity contribution in [3.05, 3.63) is 58.6 Å². The number of fused-ring (bicyclic) bond motifs is 1.